The molecule has 0 saturated heterocycles. The Labute approximate surface area is 107 Å². The summed E-state index contributed by atoms with van der Waals surface area (Å²) in [5.41, 5.74) is 2.68. The molecule has 3 aromatic rings. The number of fused-ring (bicyclic) bond motifs is 1. The highest BCUT2D eigenvalue weighted by molar-refractivity contribution is 7.21. The molecule has 2 aromatic carbocycles. The molecule has 1 aromatic heterocycles. The molecule has 3 rings (SSSR count). The summed E-state index contributed by atoms with van der Waals surface area (Å²) in [5, 5.41) is 9.96. The number of rotatable bonds is 2. The third-order valence-corrected chi connectivity index (χ3v) is 3.79. The minimum Gasteiger partial charge on any atom is -0.392 e. The van der Waals surface area contributed by atoms with Gasteiger partial charge in [0.2, 0.25) is 0 Å². The molecular formula is C14H10FNOS. The highest BCUT2D eigenvalue weighted by Gasteiger charge is 2.06. The first-order valence-corrected chi connectivity index (χ1v) is 6.34. The van der Waals surface area contributed by atoms with E-state index >= 15 is 0 Å². The molecule has 0 saturated carbocycles. The van der Waals surface area contributed by atoms with Crippen LogP contribution in [0, 0.1) is 5.82 Å². The Morgan fingerprint density at radius 2 is 1.89 bits per heavy atom. The van der Waals surface area contributed by atoms with Gasteiger partial charge in [-0.3, -0.25) is 0 Å². The molecule has 0 amide bonds. The number of halogens is 1. The van der Waals surface area contributed by atoms with Crippen molar-refractivity contribution < 1.29 is 9.50 Å². The highest BCUT2D eigenvalue weighted by Crippen LogP contribution is 2.30. The number of aromatic nitrogens is 1. The largest absolute Gasteiger partial charge is 0.392 e. The van der Waals surface area contributed by atoms with Gasteiger partial charge in [-0.1, -0.05) is 6.07 Å². The SMILES string of the molecule is OCc1ccc2nc(-c3ccc([18F])cc3)sc2c1. The minimum absolute atomic E-state index is 0.0275. The summed E-state index contributed by atoms with van der Waals surface area (Å²) in [6.07, 6.45) is 0. The molecule has 0 bridgehead atoms. The number of thiazole rings is 1. The van der Waals surface area contributed by atoms with Crippen molar-refractivity contribution in [1.82, 2.24) is 4.98 Å². The Morgan fingerprint density at radius 1 is 1.11 bits per heavy atom. The van der Waals surface area contributed by atoms with E-state index in [2.05, 4.69) is 4.98 Å². The van der Waals surface area contributed by atoms with Crippen molar-refractivity contribution in [2.45, 2.75) is 6.61 Å². The van der Waals surface area contributed by atoms with Gasteiger partial charge in [-0.15, -0.1) is 11.3 Å². The summed E-state index contributed by atoms with van der Waals surface area (Å²) in [7, 11) is 0. The Hall–Kier alpha value is -1.78. The molecule has 0 fully saturated rings. The van der Waals surface area contributed by atoms with Crippen LogP contribution in [0.3, 0.4) is 0 Å². The topological polar surface area (TPSA) is 33.1 Å². The van der Waals surface area contributed by atoms with Gasteiger partial charge < -0.3 is 5.11 Å². The molecule has 0 spiro atoms. The average molecular weight is 258 g/mol. The van der Waals surface area contributed by atoms with E-state index < -0.39 is 0 Å². The molecule has 0 atom stereocenters. The van der Waals surface area contributed by atoms with Crippen LogP contribution in [0.5, 0.6) is 0 Å². The predicted octanol–water partition coefficient (Wildman–Crippen LogP) is 3.59. The van der Waals surface area contributed by atoms with E-state index in [1.54, 1.807) is 23.5 Å². The Kier molecular flexibility index (Phi) is 2.81. The average Bonchev–Trinajstić information content (AvgIpc) is 2.82. The van der Waals surface area contributed by atoms with Crippen LogP contribution in [0.4, 0.5) is 4.39 Å². The summed E-state index contributed by atoms with van der Waals surface area (Å²) < 4.78 is 13.9. The molecule has 0 aliphatic rings. The van der Waals surface area contributed by atoms with Gasteiger partial charge in [0.05, 0.1) is 16.8 Å². The zero-order valence-electron chi connectivity index (χ0n) is 9.43. The third kappa shape index (κ3) is 2.00. The van der Waals surface area contributed by atoms with Crippen LogP contribution < -0.4 is 0 Å². The van der Waals surface area contributed by atoms with Gasteiger partial charge in [-0.25, -0.2) is 9.37 Å². The lowest BCUT2D eigenvalue weighted by atomic mass is 10.2. The number of aliphatic hydroxyl groups excluding tert-OH is 1. The second-order valence-electron chi connectivity index (χ2n) is 3.99. The van der Waals surface area contributed by atoms with Crippen molar-refractivity contribution >= 4 is 21.6 Å². The van der Waals surface area contributed by atoms with E-state index in [4.69, 9.17) is 5.11 Å². The maximum atomic E-state index is 12.9. The van der Waals surface area contributed by atoms with Crippen LogP contribution in [0.25, 0.3) is 20.8 Å². The third-order valence-electron chi connectivity index (χ3n) is 2.73. The lowest BCUT2D eigenvalue weighted by molar-refractivity contribution is 0.282. The zero-order valence-corrected chi connectivity index (χ0v) is 10.2. The van der Waals surface area contributed by atoms with E-state index in [-0.39, 0.29) is 12.4 Å². The zero-order chi connectivity index (χ0) is 12.5. The standard InChI is InChI=1S/C14H10FNOS/c15-11-4-2-10(3-5-11)14-16-12-6-1-9(8-17)7-13(12)18-14/h1-7,17H,8H2/i15-1. The molecule has 4 heteroatoms. The molecule has 0 aliphatic heterocycles. The first-order valence-electron chi connectivity index (χ1n) is 5.52. The molecular weight excluding hydrogens is 248 g/mol. The fourth-order valence-corrected chi connectivity index (χ4v) is 2.82. The van der Waals surface area contributed by atoms with Crippen molar-refractivity contribution in [2.75, 3.05) is 0 Å². The number of aliphatic hydroxyl groups is 1. The molecule has 1 heterocycles. The van der Waals surface area contributed by atoms with Gasteiger partial charge >= 0.3 is 0 Å². The van der Waals surface area contributed by atoms with Crippen LogP contribution in [0.15, 0.2) is 42.5 Å². The quantitative estimate of drug-likeness (QED) is 0.762. The summed E-state index contributed by atoms with van der Waals surface area (Å²) >= 11 is 1.54. The maximum absolute atomic E-state index is 12.9. The monoisotopic (exact) mass is 258 g/mol. The number of nitrogens with zero attached hydrogens (tertiary/aromatic N) is 1. The van der Waals surface area contributed by atoms with E-state index in [1.807, 2.05) is 18.2 Å². The molecule has 18 heavy (non-hydrogen) atoms. The first kappa shape index (κ1) is 11.3. The first-order chi connectivity index (χ1) is 8.76. The number of hydrogen-bond donors (Lipinski definition) is 1. The minimum atomic E-state index is -0.248. The van der Waals surface area contributed by atoms with Crippen molar-refractivity contribution in [2.24, 2.45) is 0 Å². The van der Waals surface area contributed by atoms with Crippen LogP contribution in [-0.2, 0) is 6.61 Å². The molecule has 0 aliphatic carbocycles. The lowest BCUT2D eigenvalue weighted by Gasteiger charge is -1.94. The predicted molar refractivity (Wildman–Crippen MR) is 70.9 cm³/mol. The van der Waals surface area contributed by atoms with Gasteiger partial charge in [-0.05, 0) is 42.0 Å². The molecule has 0 unspecified atom stereocenters. The van der Waals surface area contributed by atoms with E-state index in [9.17, 15) is 4.39 Å². The molecule has 1 N–H and O–H groups in total. The number of hydrogen-bond acceptors (Lipinski definition) is 3. The second-order valence-corrected chi connectivity index (χ2v) is 5.02. The Morgan fingerprint density at radius 3 is 2.61 bits per heavy atom. The fraction of sp³-hybridized carbons (Fsp3) is 0.0714. The van der Waals surface area contributed by atoms with Gasteiger partial charge in [-0.2, -0.15) is 0 Å². The summed E-state index contributed by atoms with van der Waals surface area (Å²) in [6.45, 7) is 0.0275. The van der Waals surface area contributed by atoms with Gasteiger partial charge in [0.15, 0.2) is 0 Å². The van der Waals surface area contributed by atoms with Crippen LogP contribution in [-0.4, -0.2) is 10.1 Å². The van der Waals surface area contributed by atoms with E-state index in [1.165, 1.54) is 12.1 Å². The normalized spacial score (nSPS) is 11.0. The van der Waals surface area contributed by atoms with Crippen molar-refractivity contribution in [3.8, 4) is 10.6 Å². The molecule has 2 nitrogen and oxygen atoms in total. The van der Waals surface area contributed by atoms with Gasteiger partial charge in [0.25, 0.3) is 0 Å². The Balaban J connectivity index is 2.10. The van der Waals surface area contributed by atoms with E-state index in [0.29, 0.717) is 0 Å². The van der Waals surface area contributed by atoms with Crippen LogP contribution in [0.1, 0.15) is 5.56 Å². The summed E-state index contributed by atoms with van der Waals surface area (Å²) in [4.78, 5) is 4.50. The second kappa shape index (κ2) is 4.48. The van der Waals surface area contributed by atoms with Crippen LogP contribution in [0.2, 0.25) is 0 Å². The van der Waals surface area contributed by atoms with Crippen molar-refractivity contribution in [1.29, 1.82) is 0 Å². The smallest absolute Gasteiger partial charge is 0.124 e. The lowest BCUT2D eigenvalue weighted by Crippen LogP contribution is -1.80. The Bertz CT molecular complexity index is 691. The van der Waals surface area contributed by atoms with Crippen LogP contribution >= 0.6 is 11.3 Å². The summed E-state index contributed by atoms with van der Waals surface area (Å²) in [5.74, 6) is -0.248. The maximum Gasteiger partial charge on any atom is 0.124 e. The fourth-order valence-electron chi connectivity index (χ4n) is 1.78. The van der Waals surface area contributed by atoms with Gasteiger partial charge in [0, 0.05) is 5.56 Å². The molecule has 90 valence electrons. The van der Waals surface area contributed by atoms with Gasteiger partial charge in [0.1, 0.15) is 10.8 Å². The van der Waals surface area contributed by atoms with E-state index in [0.717, 1.165) is 26.4 Å². The number of benzene rings is 2. The van der Waals surface area contributed by atoms with Crippen molar-refractivity contribution in [3.05, 3.63) is 53.8 Å². The molecule has 0 radical (unpaired) electrons. The highest BCUT2D eigenvalue weighted by atomic mass is 32.1. The van der Waals surface area contributed by atoms with Crippen molar-refractivity contribution in [3.63, 3.8) is 0 Å². The summed E-state index contributed by atoms with van der Waals surface area (Å²) in [6, 6.07) is 12.0.